The van der Waals surface area contributed by atoms with E-state index in [9.17, 15) is 24.0 Å². The number of ketones is 1. The number of likely N-dealkylation sites (tertiary alicyclic amines) is 2. The summed E-state index contributed by atoms with van der Waals surface area (Å²) in [5.41, 5.74) is -1.21. The number of hydrogen-bond donors (Lipinski definition) is 3. The second kappa shape index (κ2) is 10.6. The van der Waals surface area contributed by atoms with Gasteiger partial charge in [0.2, 0.25) is 17.6 Å². The van der Waals surface area contributed by atoms with E-state index in [-0.39, 0.29) is 29.1 Å². The van der Waals surface area contributed by atoms with E-state index in [0.29, 0.717) is 32.0 Å². The predicted octanol–water partition coefficient (Wildman–Crippen LogP) is 2.46. The van der Waals surface area contributed by atoms with Crippen molar-refractivity contribution in [3.8, 4) is 0 Å². The van der Waals surface area contributed by atoms with E-state index in [4.69, 9.17) is 0 Å². The Balaban J connectivity index is 1.54. The van der Waals surface area contributed by atoms with Crippen molar-refractivity contribution in [2.45, 2.75) is 111 Å². The molecule has 4 fully saturated rings. The van der Waals surface area contributed by atoms with Gasteiger partial charge in [-0.3, -0.25) is 19.2 Å². The highest BCUT2D eigenvalue weighted by Gasteiger charge is 2.70. The third-order valence-electron chi connectivity index (χ3n) is 9.42. The lowest BCUT2D eigenvalue weighted by molar-refractivity contribution is -0.149. The minimum absolute atomic E-state index is 0.0500. The molecule has 0 aromatic carbocycles. The summed E-state index contributed by atoms with van der Waals surface area (Å²) in [5, 5.41) is 8.66. The molecule has 0 aromatic rings. The van der Waals surface area contributed by atoms with E-state index in [1.807, 2.05) is 41.5 Å². The summed E-state index contributed by atoms with van der Waals surface area (Å²) in [7, 11) is 0. The highest BCUT2D eigenvalue weighted by molar-refractivity contribution is 6.38. The molecule has 4 aliphatic rings. The van der Waals surface area contributed by atoms with Gasteiger partial charge in [-0.15, -0.1) is 0 Å². The average Bonchev–Trinajstić information content (AvgIpc) is 3.09. The van der Waals surface area contributed by atoms with Crippen molar-refractivity contribution < 1.29 is 24.0 Å². The first-order valence-corrected chi connectivity index (χ1v) is 14.9. The van der Waals surface area contributed by atoms with Gasteiger partial charge in [0.05, 0.1) is 6.04 Å². The van der Waals surface area contributed by atoms with Gasteiger partial charge in [-0.25, -0.2) is 4.79 Å². The largest absolute Gasteiger partial charge is 0.344 e. The number of nitrogens with zero attached hydrogens (tertiary/aromatic N) is 2. The summed E-state index contributed by atoms with van der Waals surface area (Å²) in [6.45, 7) is 17.0. The van der Waals surface area contributed by atoms with Gasteiger partial charge in [-0.05, 0) is 62.2 Å². The summed E-state index contributed by atoms with van der Waals surface area (Å²) in [4.78, 5) is 70.0. The lowest BCUT2D eigenvalue weighted by Crippen LogP contribution is -2.62. The molecule has 0 bridgehead atoms. The van der Waals surface area contributed by atoms with Gasteiger partial charge < -0.3 is 25.8 Å². The lowest BCUT2D eigenvalue weighted by atomic mass is 9.80. The van der Waals surface area contributed by atoms with Crippen LogP contribution in [0.2, 0.25) is 0 Å². The fourth-order valence-corrected chi connectivity index (χ4v) is 6.51. The Bertz CT molecular complexity index is 1050. The van der Waals surface area contributed by atoms with Crippen LogP contribution in [0.4, 0.5) is 4.79 Å². The highest BCUT2D eigenvalue weighted by Crippen LogP contribution is 2.65. The maximum atomic E-state index is 14.1. The Morgan fingerprint density at radius 3 is 2.02 bits per heavy atom. The quantitative estimate of drug-likeness (QED) is 0.394. The van der Waals surface area contributed by atoms with Crippen molar-refractivity contribution in [2.24, 2.45) is 28.6 Å². The Morgan fingerprint density at radius 2 is 1.55 bits per heavy atom. The SMILES string of the molecule is CC(C)(C)NC(=O)N[C@H](C(=O)N1C[C@H]2[C@@H]([C@H]1C(=O)NC(CC1CCC1)C(=O)C(=O)N1CCC1)C2(C)C)C(C)(C)C. The molecule has 2 aliphatic heterocycles. The zero-order valence-electron chi connectivity index (χ0n) is 25.6. The van der Waals surface area contributed by atoms with E-state index in [0.717, 1.165) is 25.7 Å². The zero-order chi connectivity index (χ0) is 29.8. The molecule has 0 radical (unpaired) electrons. The van der Waals surface area contributed by atoms with Gasteiger partial charge in [0.25, 0.3) is 5.91 Å². The smallest absolute Gasteiger partial charge is 0.315 e. The van der Waals surface area contributed by atoms with Crippen molar-refractivity contribution in [3.05, 3.63) is 0 Å². The Kier molecular flexibility index (Phi) is 8.06. The monoisotopic (exact) mass is 559 g/mol. The van der Waals surface area contributed by atoms with Crippen LogP contribution in [-0.4, -0.2) is 82.6 Å². The van der Waals surface area contributed by atoms with Crippen LogP contribution in [-0.2, 0) is 19.2 Å². The minimum Gasteiger partial charge on any atom is -0.344 e. The molecule has 5 amide bonds. The minimum atomic E-state index is -0.891. The number of carbonyl (C=O) groups is 5. The van der Waals surface area contributed by atoms with Gasteiger partial charge >= 0.3 is 6.03 Å². The molecule has 10 nitrogen and oxygen atoms in total. The number of Topliss-reactive ketones (excluding diaryl/α,β-unsaturated/α-hetero) is 1. The van der Waals surface area contributed by atoms with Crippen molar-refractivity contribution in [1.29, 1.82) is 0 Å². The van der Waals surface area contributed by atoms with Crippen molar-refractivity contribution in [3.63, 3.8) is 0 Å². The van der Waals surface area contributed by atoms with E-state index < -0.39 is 46.8 Å². The first kappa shape index (κ1) is 30.3. The predicted molar refractivity (Wildman–Crippen MR) is 151 cm³/mol. The summed E-state index contributed by atoms with van der Waals surface area (Å²) in [6.07, 6.45) is 4.39. The number of fused-ring (bicyclic) bond motifs is 1. The first-order chi connectivity index (χ1) is 18.4. The van der Waals surface area contributed by atoms with Gasteiger partial charge in [-0.2, -0.15) is 0 Å². The number of amides is 5. The number of piperidine rings is 1. The molecule has 3 N–H and O–H groups in total. The molecule has 0 spiro atoms. The molecule has 10 heteroatoms. The van der Waals surface area contributed by atoms with Crippen molar-refractivity contribution in [1.82, 2.24) is 25.8 Å². The third-order valence-corrected chi connectivity index (χ3v) is 9.42. The standard InChI is InChI=1S/C30H49N5O5/c1-28(2,3)23(32-27(40)33-29(4,5)6)26(39)35-16-18-20(30(18,7)8)21(35)24(37)31-19(15-17-11-9-12-17)22(36)25(38)34-13-10-14-34/h17-21,23H,9-16H2,1-8H3,(H,31,37)(H2,32,33,40)/t18-,19?,20-,21-,23+/m0/s1. The van der Waals surface area contributed by atoms with Crippen molar-refractivity contribution in [2.75, 3.05) is 19.6 Å². The van der Waals surface area contributed by atoms with Gasteiger partial charge in [-0.1, -0.05) is 53.9 Å². The van der Waals surface area contributed by atoms with Crippen LogP contribution >= 0.6 is 0 Å². The van der Waals surface area contributed by atoms with Crippen LogP contribution < -0.4 is 16.0 Å². The molecule has 2 saturated carbocycles. The van der Waals surface area contributed by atoms with Gasteiger partial charge in [0, 0.05) is 25.2 Å². The molecular weight excluding hydrogens is 510 g/mol. The van der Waals surface area contributed by atoms with E-state index >= 15 is 0 Å². The zero-order valence-corrected chi connectivity index (χ0v) is 25.6. The average molecular weight is 560 g/mol. The summed E-state index contributed by atoms with van der Waals surface area (Å²) >= 11 is 0. The first-order valence-electron chi connectivity index (χ1n) is 14.9. The highest BCUT2D eigenvalue weighted by atomic mass is 16.2. The fourth-order valence-electron chi connectivity index (χ4n) is 6.51. The summed E-state index contributed by atoms with van der Waals surface area (Å²) in [6, 6.07) is -2.95. The van der Waals surface area contributed by atoms with Gasteiger partial charge in [0.15, 0.2) is 0 Å². The number of nitrogens with one attached hydrogen (secondary N) is 3. The van der Waals surface area contributed by atoms with E-state index in [1.165, 1.54) is 4.90 Å². The van der Waals surface area contributed by atoms with Crippen molar-refractivity contribution >= 4 is 29.5 Å². The van der Waals surface area contributed by atoms with Crippen LogP contribution in [0.1, 0.15) is 87.5 Å². The molecule has 5 atom stereocenters. The van der Waals surface area contributed by atoms with E-state index in [1.54, 1.807) is 4.90 Å². The Morgan fingerprint density at radius 1 is 0.925 bits per heavy atom. The van der Waals surface area contributed by atoms with E-state index in [2.05, 4.69) is 29.8 Å². The molecular formula is C30H49N5O5. The molecule has 4 rings (SSSR count). The molecule has 0 aromatic heterocycles. The molecule has 2 saturated heterocycles. The number of urea groups is 1. The molecule has 2 aliphatic carbocycles. The fraction of sp³-hybridized carbons (Fsp3) is 0.833. The number of hydrogen-bond acceptors (Lipinski definition) is 5. The number of rotatable bonds is 8. The maximum Gasteiger partial charge on any atom is 0.315 e. The number of carbonyl (C=O) groups excluding carboxylic acids is 5. The molecule has 1 unspecified atom stereocenters. The molecule has 224 valence electrons. The lowest BCUT2D eigenvalue weighted by Gasteiger charge is -2.38. The van der Waals surface area contributed by atoms with Crippen LogP contribution in [0.15, 0.2) is 0 Å². The van der Waals surface area contributed by atoms with Gasteiger partial charge in [0.1, 0.15) is 12.1 Å². The molecule has 40 heavy (non-hydrogen) atoms. The summed E-state index contributed by atoms with van der Waals surface area (Å²) in [5.74, 6) is -1.37. The topological polar surface area (TPSA) is 128 Å². The molecule has 2 heterocycles. The normalized spacial score (nSPS) is 26.9. The summed E-state index contributed by atoms with van der Waals surface area (Å²) < 4.78 is 0. The third kappa shape index (κ3) is 6.15. The second-order valence-corrected chi connectivity index (χ2v) is 15.1. The second-order valence-electron chi connectivity index (χ2n) is 15.1. The van der Waals surface area contributed by atoms with Crippen LogP contribution in [0.5, 0.6) is 0 Å². The van der Waals surface area contributed by atoms with Crippen LogP contribution in [0.25, 0.3) is 0 Å². The Hall–Kier alpha value is -2.65. The maximum absolute atomic E-state index is 14.1. The Labute approximate surface area is 238 Å². The van der Waals surface area contributed by atoms with Crippen LogP contribution in [0.3, 0.4) is 0 Å². The van der Waals surface area contributed by atoms with Crippen LogP contribution in [0, 0.1) is 28.6 Å².